The first-order valence-electron chi connectivity index (χ1n) is 6.00. The Kier molecular flexibility index (Phi) is 3.12. The summed E-state index contributed by atoms with van der Waals surface area (Å²) in [5, 5.41) is 3.86. The molecule has 0 spiro atoms. The van der Waals surface area contributed by atoms with Crippen LogP contribution in [-0.4, -0.2) is 10.1 Å². The average Bonchev–Trinajstić information content (AvgIpc) is 3.11. The summed E-state index contributed by atoms with van der Waals surface area (Å²) >= 11 is 0. The molecular formula is C14H13N3O2. The zero-order chi connectivity index (χ0) is 13.1. The third-order valence-electron chi connectivity index (χ3n) is 2.80. The van der Waals surface area contributed by atoms with Gasteiger partial charge in [0.15, 0.2) is 5.76 Å². The summed E-state index contributed by atoms with van der Waals surface area (Å²) in [6.07, 6.45) is 2.22. The summed E-state index contributed by atoms with van der Waals surface area (Å²) in [6.45, 7) is 0. The summed E-state index contributed by atoms with van der Waals surface area (Å²) in [5.74, 6) is 1.40. The molecule has 0 fully saturated rings. The summed E-state index contributed by atoms with van der Waals surface area (Å²) in [6, 6.07) is 13.2. The van der Waals surface area contributed by atoms with Crippen LogP contribution in [0, 0.1) is 0 Å². The van der Waals surface area contributed by atoms with Gasteiger partial charge in [0.2, 0.25) is 11.7 Å². The van der Waals surface area contributed by atoms with E-state index in [2.05, 4.69) is 10.1 Å². The first-order chi connectivity index (χ1) is 9.33. The zero-order valence-corrected chi connectivity index (χ0v) is 10.2. The van der Waals surface area contributed by atoms with Crippen LogP contribution in [0.2, 0.25) is 0 Å². The van der Waals surface area contributed by atoms with Gasteiger partial charge in [-0.1, -0.05) is 35.5 Å². The number of hydrogen-bond acceptors (Lipinski definition) is 5. The van der Waals surface area contributed by atoms with Crippen molar-refractivity contribution in [2.24, 2.45) is 5.73 Å². The van der Waals surface area contributed by atoms with Crippen LogP contribution < -0.4 is 5.73 Å². The fourth-order valence-electron chi connectivity index (χ4n) is 1.85. The molecule has 5 heteroatoms. The van der Waals surface area contributed by atoms with Crippen molar-refractivity contribution in [3.8, 4) is 11.6 Å². The Hall–Kier alpha value is -2.40. The molecule has 5 nitrogen and oxygen atoms in total. The number of nitrogens with zero attached hydrogens (tertiary/aromatic N) is 2. The van der Waals surface area contributed by atoms with Crippen LogP contribution >= 0.6 is 0 Å². The van der Waals surface area contributed by atoms with Gasteiger partial charge in [-0.05, 0) is 24.1 Å². The van der Waals surface area contributed by atoms with Crippen LogP contribution in [0.25, 0.3) is 11.6 Å². The van der Waals surface area contributed by atoms with E-state index in [4.69, 9.17) is 14.7 Å². The minimum absolute atomic E-state index is 0.321. The highest BCUT2D eigenvalue weighted by atomic mass is 16.5. The number of nitrogens with two attached hydrogens (primary N) is 1. The third kappa shape index (κ3) is 2.56. The maximum atomic E-state index is 6.07. The van der Waals surface area contributed by atoms with Crippen molar-refractivity contribution in [3.63, 3.8) is 0 Å². The molecule has 1 atom stereocenters. The van der Waals surface area contributed by atoms with E-state index in [-0.39, 0.29) is 6.04 Å². The van der Waals surface area contributed by atoms with Crippen molar-refractivity contribution in [1.29, 1.82) is 0 Å². The molecule has 0 aliphatic heterocycles. The summed E-state index contributed by atoms with van der Waals surface area (Å²) in [7, 11) is 0. The van der Waals surface area contributed by atoms with E-state index < -0.39 is 0 Å². The Morgan fingerprint density at radius 3 is 2.68 bits per heavy atom. The second-order valence-electron chi connectivity index (χ2n) is 4.23. The molecule has 3 aromatic rings. The lowest BCUT2D eigenvalue weighted by Crippen LogP contribution is -2.13. The van der Waals surface area contributed by atoms with Crippen LogP contribution in [0.1, 0.15) is 17.5 Å². The predicted molar refractivity (Wildman–Crippen MR) is 69.1 cm³/mol. The molecule has 1 aromatic carbocycles. The summed E-state index contributed by atoms with van der Waals surface area (Å²) < 4.78 is 10.4. The molecule has 0 saturated carbocycles. The molecule has 0 radical (unpaired) electrons. The summed E-state index contributed by atoms with van der Waals surface area (Å²) in [5.41, 5.74) is 7.20. The first kappa shape index (κ1) is 11.7. The highest BCUT2D eigenvalue weighted by Gasteiger charge is 2.17. The van der Waals surface area contributed by atoms with Gasteiger partial charge < -0.3 is 14.7 Å². The van der Waals surface area contributed by atoms with Gasteiger partial charge in [-0.15, -0.1) is 0 Å². The Morgan fingerprint density at radius 2 is 1.95 bits per heavy atom. The number of benzene rings is 1. The molecule has 2 aromatic heterocycles. The second kappa shape index (κ2) is 5.07. The molecule has 96 valence electrons. The third-order valence-corrected chi connectivity index (χ3v) is 2.80. The SMILES string of the molecule is N[C@@H](Cc1ccccc1)c1nc(-c2ccco2)no1. The highest BCUT2D eigenvalue weighted by Crippen LogP contribution is 2.20. The van der Waals surface area contributed by atoms with E-state index in [0.717, 1.165) is 5.56 Å². The van der Waals surface area contributed by atoms with Crippen molar-refractivity contribution < 1.29 is 8.94 Å². The number of hydrogen-bond donors (Lipinski definition) is 1. The Morgan fingerprint density at radius 1 is 1.11 bits per heavy atom. The molecule has 0 aliphatic carbocycles. The number of furan rings is 1. The van der Waals surface area contributed by atoms with Gasteiger partial charge in [-0.3, -0.25) is 0 Å². The van der Waals surface area contributed by atoms with Gasteiger partial charge >= 0.3 is 0 Å². The minimum Gasteiger partial charge on any atom is -0.461 e. The van der Waals surface area contributed by atoms with Gasteiger partial charge in [-0.2, -0.15) is 4.98 Å². The maximum absolute atomic E-state index is 6.07. The normalized spacial score (nSPS) is 12.5. The molecule has 0 amide bonds. The zero-order valence-electron chi connectivity index (χ0n) is 10.2. The summed E-state index contributed by atoms with van der Waals surface area (Å²) in [4.78, 5) is 4.25. The van der Waals surface area contributed by atoms with E-state index in [1.165, 1.54) is 0 Å². The molecular weight excluding hydrogens is 242 g/mol. The molecule has 19 heavy (non-hydrogen) atoms. The van der Waals surface area contributed by atoms with Crippen LogP contribution in [0.15, 0.2) is 57.7 Å². The quantitative estimate of drug-likeness (QED) is 0.775. The van der Waals surface area contributed by atoms with Crippen molar-refractivity contribution in [2.45, 2.75) is 12.5 Å². The van der Waals surface area contributed by atoms with Crippen LogP contribution in [0.3, 0.4) is 0 Å². The Labute approximate surface area is 110 Å². The number of aromatic nitrogens is 2. The molecule has 3 rings (SSSR count). The molecule has 0 saturated heterocycles. The maximum Gasteiger partial charge on any atom is 0.244 e. The minimum atomic E-state index is -0.321. The molecule has 2 heterocycles. The molecule has 0 bridgehead atoms. The van der Waals surface area contributed by atoms with Crippen molar-refractivity contribution >= 4 is 0 Å². The highest BCUT2D eigenvalue weighted by molar-refractivity contribution is 5.44. The Bertz CT molecular complexity index is 632. The average molecular weight is 255 g/mol. The fraction of sp³-hybridized carbons (Fsp3) is 0.143. The Balaban J connectivity index is 1.76. The predicted octanol–water partition coefficient (Wildman–Crippen LogP) is 2.57. The van der Waals surface area contributed by atoms with Gasteiger partial charge in [0.1, 0.15) is 0 Å². The van der Waals surface area contributed by atoms with Crippen molar-refractivity contribution in [3.05, 3.63) is 60.2 Å². The fourth-order valence-corrected chi connectivity index (χ4v) is 1.85. The van der Waals surface area contributed by atoms with Gasteiger partial charge in [0.25, 0.3) is 0 Å². The van der Waals surface area contributed by atoms with E-state index >= 15 is 0 Å². The van der Waals surface area contributed by atoms with E-state index in [9.17, 15) is 0 Å². The van der Waals surface area contributed by atoms with E-state index in [1.54, 1.807) is 18.4 Å². The topological polar surface area (TPSA) is 78.1 Å². The van der Waals surface area contributed by atoms with Gasteiger partial charge in [0, 0.05) is 0 Å². The second-order valence-corrected chi connectivity index (χ2v) is 4.23. The molecule has 2 N–H and O–H groups in total. The lowest BCUT2D eigenvalue weighted by atomic mass is 10.1. The lowest BCUT2D eigenvalue weighted by Gasteiger charge is -2.05. The van der Waals surface area contributed by atoms with Gasteiger partial charge in [-0.25, -0.2) is 0 Å². The monoisotopic (exact) mass is 255 g/mol. The van der Waals surface area contributed by atoms with E-state index in [0.29, 0.717) is 23.9 Å². The number of rotatable bonds is 4. The first-order valence-corrected chi connectivity index (χ1v) is 6.00. The van der Waals surface area contributed by atoms with Crippen LogP contribution in [0.5, 0.6) is 0 Å². The van der Waals surface area contributed by atoms with Gasteiger partial charge in [0.05, 0.1) is 12.3 Å². The largest absolute Gasteiger partial charge is 0.461 e. The van der Waals surface area contributed by atoms with Crippen molar-refractivity contribution in [1.82, 2.24) is 10.1 Å². The molecule has 0 aliphatic rings. The smallest absolute Gasteiger partial charge is 0.244 e. The van der Waals surface area contributed by atoms with Crippen LogP contribution in [0.4, 0.5) is 0 Å². The van der Waals surface area contributed by atoms with Crippen molar-refractivity contribution in [2.75, 3.05) is 0 Å². The standard InChI is InChI=1S/C14H13N3O2/c15-11(9-10-5-2-1-3-6-10)14-16-13(17-19-14)12-7-4-8-18-12/h1-8,11H,9,15H2/t11-/m0/s1. The molecule has 0 unspecified atom stereocenters. The van der Waals surface area contributed by atoms with E-state index in [1.807, 2.05) is 30.3 Å². The van der Waals surface area contributed by atoms with Crippen LogP contribution in [-0.2, 0) is 6.42 Å². The lowest BCUT2D eigenvalue weighted by molar-refractivity contribution is 0.353.